The zero-order chi connectivity index (χ0) is 20.2. The summed E-state index contributed by atoms with van der Waals surface area (Å²) in [6.07, 6.45) is 0.791. The maximum atomic E-state index is 13.0. The van der Waals surface area contributed by atoms with Crippen molar-refractivity contribution < 1.29 is 18.7 Å². The number of benzene rings is 1. The lowest BCUT2D eigenvalue weighted by Crippen LogP contribution is -2.56. The van der Waals surface area contributed by atoms with E-state index in [2.05, 4.69) is 15.2 Å². The fourth-order valence-electron chi connectivity index (χ4n) is 3.94. The smallest absolute Gasteiger partial charge is 0.237 e. The topological polar surface area (TPSA) is 87.9 Å². The molecule has 2 amide bonds. The number of nitrogens with one attached hydrogen (secondary N) is 1. The third kappa shape index (κ3) is 4.49. The van der Waals surface area contributed by atoms with Gasteiger partial charge in [0.2, 0.25) is 17.7 Å². The standard InChI is InChI=1S/C21H26N4O4/c1-28-14-19-23-16-13-25(9-7-18(16)29-19)20(26)11-17-21(27)22-8-10-24(17)12-15-5-3-2-4-6-15/h2-6,17H,7-14H2,1H3,(H,22,27). The summed E-state index contributed by atoms with van der Waals surface area (Å²) < 4.78 is 10.7. The molecule has 2 aliphatic rings. The molecule has 154 valence electrons. The van der Waals surface area contributed by atoms with Crippen molar-refractivity contribution in [3.63, 3.8) is 0 Å². The number of methoxy groups -OCH3 is 1. The van der Waals surface area contributed by atoms with Crippen LogP contribution in [0.3, 0.4) is 0 Å². The number of amides is 2. The van der Waals surface area contributed by atoms with Gasteiger partial charge < -0.3 is 19.4 Å². The average molecular weight is 398 g/mol. The van der Waals surface area contributed by atoms with Gasteiger partial charge in [0, 0.05) is 39.7 Å². The van der Waals surface area contributed by atoms with E-state index in [0.717, 1.165) is 23.6 Å². The predicted octanol–water partition coefficient (Wildman–Crippen LogP) is 1.10. The number of carbonyl (C=O) groups is 2. The highest BCUT2D eigenvalue weighted by Crippen LogP contribution is 2.22. The summed E-state index contributed by atoms with van der Waals surface area (Å²) in [5.74, 6) is 1.24. The summed E-state index contributed by atoms with van der Waals surface area (Å²) in [7, 11) is 1.59. The molecule has 0 aliphatic carbocycles. The van der Waals surface area contributed by atoms with Gasteiger partial charge in [-0.3, -0.25) is 14.5 Å². The molecule has 1 aromatic heterocycles. The molecule has 1 fully saturated rings. The monoisotopic (exact) mass is 398 g/mol. The SMILES string of the molecule is COCc1nc2c(o1)CCN(C(=O)CC1C(=O)NCCN1Cc1ccccc1)C2. The van der Waals surface area contributed by atoms with Gasteiger partial charge >= 0.3 is 0 Å². The zero-order valence-corrected chi connectivity index (χ0v) is 16.6. The third-order valence-electron chi connectivity index (χ3n) is 5.43. The Morgan fingerprint density at radius 1 is 1.31 bits per heavy atom. The molecule has 0 saturated carbocycles. The number of hydrogen-bond acceptors (Lipinski definition) is 6. The minimum absolute atomic E-state index is 0.0351. The van der Waals surface area contributed by atoms with Crippen molar-refractivity contribution in [1.82, 2.24) is 20.1 Å². The fourth-order valence-corrected chi connectivity index (χ4v) is 3.94. The van der Waals surface area contributed by atoms with E-state index in [-0.39, 0.29) is 18.2 Å². The maximum absolute atomic E-state index is 13.0. The predicted molar refractivity (Wildman–Crippen MR) is 105 cm³/mol. The average Bonchev–Trinajstić information content (AvgIpc) is 3.13. The van der Waals surface area contributed by atoms with E-state index in [4.69, 9.17) is 9.15 Å². The van der Waals surface area contributed by atoms with Gasteiger partial charge in [0.25, 0.3) is 0 Å². The molecule has 1 unspecified atom stereocenters. The molecule has 0 spiro atoms. The summed E-state index contributed by atoms with van der Waals surface area (Å²) in [6.45, 7) is 3.28. The summed E-state index contributed by atoms with van der Waals surface area (Å²) >= 11 is 0. The number of nitrogens with zero attached hydrogens (tertiary/aromatic N) is 3. The van der Waals surface area contributed by atoms with Gasteiger partial charge in [0.1, 0.15) is 18.1 Å². The van der Waals surface area contributed by atoms with E-state index in [1.54, 1.807) is 12.0 Å². The molecule has 1 N–H and O–H groups in total. The number of ether oxygens (including phenoxy) is 1. The molecule has 1 aromatic carbocycles. The van der Waals surface area contributed by atoms with E-state index in [1.807, 2.05) is 30.3 Å². The van der Waals surface area contributed by atoms with Crippen LogP contribution in [0.15, 0.2) is 34.7 Å². The first-order chi connectivity index (χ1) is 14.1. The van der Waals surface area contributed by atoms with Crippen molar-refractivity contribution in [1.29, 1.82) is 0 Å². The molecule has 2 aromatic rings. The molecule has 0 bridgehead atoms. The Bertz CT molecular complexity index is 867. The van der Waals surface area contributed by atoms with Gasteiger partial charge in [-0.25, -0.2) is 4.98 Å². The summed E-state index contributed by atoms with van der Waals surface area (Å²) in [5, 5.41) is 2.90. The molecular formula is C21H26N4O4. The van der Waals surface area contributed by atoms with Crippen LogP contribution in [0.4, 0.5) is 0 Å². The van der Waals surface area contributed by atoms with Gasteiger partial charge in [-0.15, -0.1) is 0 Å². The second kappa shape index (κ2) is 8.75. The normalized spacial score (nSPS) is 19.7. The minimum Gasteiger partial charge on any atom is -0.443 e. The molecule has 3 heterocycles. The van der Waals surface area contributed by atoms with Crippen molar-refractivity contribution in [2.75, 3.05) is 26.7 Å². The van der Waals surface area contributed by atoms with E-state index in [1.165, 1.54) is 0 Å². The Hall–Kier alpha value is -2.71. The minimum atomic E-state index is -0.459. The number of oxazole rings is 1. The number of piperazine rings is 1. The van der Waals surface area contributed by atoms with Crippen LogP contribution in [-0.2, 0) is 40.4 Å². The molecule has 1 atom stereocenters. The number of fused-ring (bicyclic) bond motifs is 1. The summed E-state index contributed by atoms with van der Waals surface area (Å²) in [4.78, 5) is 33.8. The van der Waals surface area contributed by atoms with Crippen molar-refractivity contribution in [3.05, 3.63) is 53.2 Å². The Kier molecular flexibility index (Phi) is 5.92. The molecule has 1 saturated heterocycles. The highest BCUT2D eigenvalue weighted by atomic mass is 16.5. The van der Waals surface area contributed by atoms with Crippen LogP contribution >= 0.6 is 0 Å². The molecule has 8 heteroatoms. The first-order valence-electron chi connectivity index (χ1n) is 9.94. The van der Waals surface area contributed by atoms with Crippen LogP contribution in [0, 0.1) is 0 Å². The second-order valence-electron chi connectivity index (χ2n) is 7.44. The Morgan fingerprint density at radius 3 is 2.93 bits per heavy atom. The zero-order valence-electron chi connectivity index (χ0n) is 16.6. The van der Waals surface area contributed by atoms with Crippen molar-refractivity contribution in [3.8, 4) is 0 Å². The first-order valence-corrected chi connectivity index (χ1v) is 9.94. The highest BCUT2D eigenvalue weighted by molar-refractivity contribution is 5.89. The van der Waals surface area contributed by atoms with Crippen molar-refractivity contribution in [2.24, 2.45) is 0 Å². The fraction of sp³-hybridized carbons (Fsp3) is 0.476. The quantitative estimate of drug-likeness (QED) is 0.784. The van der Waals surface area contributed by atoms with Gasteiger partial charge in [0.05, 0.1) is 19.0 Å². The largest absolute Gasteiger partial charge is 0.443 e. The second-order valence-corrected chi connectivity index (χ2v) is 7.44. The van der Waals surface area contributed by atoms with Gasteiger partial charge in [0.15, 0.2) is 0 Å². The van der Waals surface area contributed by atoms with Crippen molar-refractivity contribution >= 4 is 11.8 Å². The van der Waals surface area contributed by atoms with Crippen LogP contribution in [0.25, 0.3) is 0 Å². The van der Waals surface area contributed by atoms with Crippen LogP contribution in [0.2, 0.25) is 0 Å². The van der Waals surface area contributed by atoms with Crippen LogP contribution in [-0.4, -0.2) is 59.4 Å². The lowest BCUT2D eigenvalue weighted by molar-refractivity contribution is -0.139. The van der Waals surface area contributed by atoms with E-state index in [0.29, 0.717) is 45.1 Å². The number of aromatic nitrogens is 1. The summed E-state index contributed by atoms with van der Waals surface area (Å²) in [5.41, 5.74) is 1.92. The molecule has 2 aliphatic heterocycles. The number of rotatable bonds is 6. The Balaban J connectivity index is 1.42. The van der Waals surface area contributed by atoms with Gasteiger partial charge in [-0.2, -0.15) is 0 Å². The molecular weight excluding hydrogens is 372 g/mol. The maximum Gasteiger partial charge on any atom is 0.237 e. The molecule has 29 heavy (non-hydrogen) atoms. The number of hydrogen-bond donors (Lipinski definition) is 1. The first kappa shape index (κ1) is 19.6. The molecule has 8 nitrogen and oxygen atoms in total. The van der Waals surface area contributed by atoms with E-state index in [9.17, 15) is 9.59 Å². The lowest BCUT2D eigenvalue weighted by atomic mass is 10.0. The van der Waals surface area contributed by atoms with E-state index < -0.39 is 6.04 Å². The van der Waals surface area contributed by atoms with Crippen LogP contribution in [0.5, 0.6) is 0 Å². The van der Waals surface area contributed by atoms with Crippen LogP contribution < -0.4 is 5.32 Å². The lowest BCUT2D eigenvalue weighted by Gasteiger charge is -2.36. The van der Waals surface area contributed by atoms with Gasteiger partial charge in [-0.05, 0) is 5.56 Å². The number of carbonyl (C=O) groups excluding carboxylic acids is 2. The summed E-state index contributed by atoms with van der Waals surface area (Å²) in [6, 6.07) is 9.57. The molecule has 4 rings (SSSR count). The highest BCUT2D eigenvalue weighted by Gasteiger charge is 2.34. The third-order valence-corrected chi connectivity index (χ3v) is 5.43. The Morgan fingerprint density at radius 2 is 2.14 bits per heavy atom. The molecule has 0 radical (unpaired) electrons. The van der Waals surface area contributed by atoms with E-state index >= 15 is 0 Å². The van der Waals surface area contributed by atoms with Gasteiger partial charge in [-0.1, -0.05) is 30.3 Å². The van der Waals surface area contributed by atoms with Crippen molar-refractivity contribution in [2.45, 2.75) is 38.6 Å². The van der Waals surface area contributed by atoms with Crippen LogP contribution in [0.1, 0.15) is 29.3 Å². The Labute approximate surface area is 169 Å².